The molecule has 0 amide bonds. The third kappa shape index (κ3) is 11.0. The summed E-state index contributed by atoms with van der Waals surface area (Å²) >= 11 is 0. The normalized spacial score (nSPS) is 9.71. The molecule has 0 rings (SSSR count). The van der Waals surface area contributed by atoms with Crippen LogP contribution in [0, 0.1) is 0 Å². The zero-order valence-corrected chi connectivity index (χ0v) is 7.61. The maximum Gasteiger partial charge on any atom is 0.505 e. The van der Waals surface area contributed by atoms with Crippen LogP contribution >= 0.6 is 8.03 Å². The monoisotopic (exact) mass is 130 g/mol. The topological polar surface area (TPSA) is 37.3 Å². The Kier molecular flexibility index (Phi) is 11.0. The molecule has 2 nitrogen and oxygen atoms in total. The molecule has 1 N–H and O–H groups in total. The second kappa shape index (κ2) is 7.06. The first-order valence-electron chi connectivity index (χ1n) is 1.91. The molecule has 0 heterocycles. The largest absolute Gasteiger partial charge is 0.505 e. The summed E-state index contributed by atoms with van der Waals surface area (Å²) in [6.07, 6.45) is 1.24. The molecule has 0 aliphatic carbocycles. The molecule has 7 heavy (non-hydrogen) atoms. The van der Waals surface area contributed by atoms with Crippen LogP contribution in [0.1, 0.15) is 13.3 Å². The first kappa shape index (κ1) is 10.9. The van der Waals surface area contributed by atoms with Gasteiger partial charge in [-0.2, -0.15) is 4.89 Å². The summed E-state index contributed by atoms with van der Waals surface area (Å²) in [7, 11) is -1.85. The smallest absolute Gasteiger partial charge is 0.161 e. The molecule has 0 spiro atoms. The predicted molar refractivity (Wildman–Crippen MR) is 30.7 cm³/mol. The van der Waals surface area contributed by atoms with Gasteiger partial charge in [0, 0.05) is 29.6 Å². The van der Waals surface area contributed by atoms with E-state index in [4.69, 9.17) is 4.89 Å². The molecule has 1 atom stereocenters. The molecule has 37 valence electrons. The van der Waals surface area contributed by atoms with Crippen molar-refractivity contribution in [1.29, 1.82) is 0 Å². The molecule has 1 unspecified atom stereocenters. The van der Waals surface area contributed by atoms with Gasteiger partial charge in [0.25, 0.3) is 0 Å². The molecular weight excluding hydrogens is 122 g/mol. The molecule has 0 aromatic rings. The van der Waals surface area contributed by atoms with Gasteiger partial charge >= 0.3 is 8.03 Å². The number of rotatable bonds is 2. The van der Waals surface area contributed by atoms with E-state index >= 15 is 0 Å². The maximum absolute atomic E-state index is 9.75. The van der Waals surface area contributed by atoms with E-state index in [1.165, 1.54) is 0 Å². The van der Waals surface area contributed by atoms with Crippen molar-refractivity contribution in [2.45, 2.75) is 13.3 Å². The Morgan fingerprint density at radius 2 is 2.14 bits per heavy atom. The Balaban J connectivity index is 0. The predicted octanol–water partition coefficient (Wildman–Crippen LogP) is 0.750. The zero-order chi connectivity index (χ0) is 4.99. The number of hydrogen-bond acceptors (Lipinski definition) is 1. The van der Waals surface area contributed by atoms with Gasteiger partial charge in [-0.25, -0.2) is 0 Å². The van der Waals surface area contributed by atoms with E-state index in [2.05, 4.69) is 0 Å². The fourth-order valence-corrected chi connectivity index (χ4v) is 0.574. The minimum atomic E-state index is -1.85. The van der Waals surface area contributed by atoms with Gasteiger partial charge in [-0.15, -0.1) is 0 Å². The van der Waals surface area contributed by atoms with Gasteiger partial charge in [0.1, 0.15) is 0 Å². The summed E-state index contributed by atoms with van der Waals surface area (Å²) in [6.45, 7) is 1.88. The van der Waals surface area contributed by atoms with Crippen molar-refractivity contribution in [1.82, 2.24) is 0 Å². The van der Waals surface area contributed by atoms with Crippen LogP contribution in [0.5, 0.6) is 0 Å². The summed E-state index contributed by atoms with van der Waals surface area (Å²) < 4.78 is 9.75. The van der Waals surface area contributed by atoms with Crippen molar-refractivity contribution in [2.75, 3.05) is 6.16 Å². The Morgan fingerprint density at radius 1 is 1.71 bits per heavy atom. The standard InChI is InChI=1S/C3H7O2P.Na/c1-2-3-6(4)5;/h2-3H2,1H3;/p+1. The van der Waals surface area contributed by atoms with E-state index in [9.17, 15) is 4.57 Å². The van der Waals surface area contributed by atoms with E-state index in [-0.39, 0.29) is 29.6 Å². The molecule has 0 fully saturated rings. The van der Waals surface area contributed by atoms with Gasteiger partial charge in [0.2, 0.25) is 0 Å². The third-order valence-electron chi connectivity index (χ3n) is 0.415. The first-order valence-corrected chi connectivity index (χ1v) is 3.30. The molecule has 0 aliphatic heterocycles. The van der Waals surface area contributed by atoms with Crippen molar-refractivity contribution in [3.05, 3.63) is 0 Å². The molecule has 0 aromatic carbocycles. The Bertz CT molecular complexity index is 56.9. The molecule has 0 bridgehead atoms. The fourth-order valence-electron chi connectivity index (χ4n) is 0.191. The molecular formula is C3H8NaO2P+. The van der Waals surface area contributed by atoms with Crippen molar-refractivity contribution in [3.63, 3.8) is 0 Å². The van der Waals surface area contributed by atoms with Crippen LogP contribution in [0.25, 0.3) is 0 Å². The van der Waals surface area contributed by atoms with Crippen LogP contribution in [-0.4, -0.2) is 40.6 Å². The second-order valence-corrected chi connectivity index (χ2v) is 2.23. The van der Waals surface area contributed by atoms with Crippen LogP contribution < -0.4 is 0 Å². The van der Waals surface area contributed by atoms with Gasteiger partial charge < -0.3 is 0 Å². The zero-order valence-electron chi connectivity index (χ0n) is 4.72. The summed E-state index contributed by atoms with van der Waals surface area (Å²) in [6, 6.07) is 0. The summed E-state index contributed by atoms with van der Waals surface area (Å²) in [5.41, 5.74) is 0. The SMILES string of the molecule is CCC[P+](=O)O.[Na]. The van der Waals surface area contributed by atoms with Crippen molar-refractivity contribution >= 4 is 37.6 Å². The Hall–Kier alpha value is 1.06. The summed E-state index contributed by atoms with van der Waals surface area (Å²) in [5, 5.41) is 0. The minimum Gasteiger partial charge on any atom is -0.161 e. The van der Waals surface area contributed by atoms with Crippen molar-refractivity contribution in [3.8, 4) is 0 Å². The van der Waals surface area contributed by atoms with Crippen LogP contribution in [0.2, 0.25) is 0 Å². The van der Waals surface area contributed by atoms with E-state index in [0.717, 1.165) is 6.42 Å². The molecule has 0 aliphatic rings. The Morgan fingerprint density at radius 3 is 2.14 bits per heavy atom. The molecule has 0 saturated heterocycles. The van der Waals surface area contributed by atoms with Gasteiger partial charge in [-0.3, -0.25) is 0 Å². The fraction of sp³-hybridized carbons (Fsp3) is 1.00. The van der Waals surface area contributed by atoms with E-state index in [1.807, 2.05) is 6.92 Å². The van der Waals surface area contributed by atoms with Crippen LogP contribution in [-0.2, 0) is 4.57 Å². The average molecular weight is 130 g/mol. The summed E-state index contributed by atoms with van der Waals surface area (Å²) in [5.74, 6) is 0. The minimum absolute atomic E-state index is 0. The van der Waals surface area contributed by atoms with Crippen LogP contribution in [0.15, 0.2) is 0 Å². The van der Waals surface area contributed by atoms with Crippen molar-refractivity contribution in [2.24, 2.45) is 0 Å². The molecule has 0 saturated carbocycles. The van der Waals surface area contributed by atoms with E-state index < -0.39 is 8.03 Å². The third-order valence-corrected chi connectivity index (χ3v) is 1.24. The van der Waals surface area contributed by atoms with E-state index in [0.29, 0.717) is 6.16 Å². The van der Waals surface area contributed by atoms with E-state index in [1.54, 1.807) is 0 Å². The van der Waals surface area contributed by atoms with Crippen LogP contribution in [0.3, 0.4) is 0 Å². The molecule has 1 radical (unpaired) electrons. The quantitative estimate of drug-likeness (QED) is 0.442. The Labute approximate surface area is 66.5 Å². The van der Waals surface area contributed by atoms with Gasteiger partial charge in [0.05, 0.1) is 0 Å². The number of hydrogen-bond donors (Lipinski definition) is 1. The summed E-state index contributed by atoms with van der Waals surface area (Å²) in [4.78, 5) is 8.06. The average Bonchev–Trinajstić information content (AvgIpc) is 1.35. The van der Waals surface area contributed by atoms with Gasteiger partial charge in [-0.1, -0.05) is 6.92 Å². The van der Waals surface area contributed by atoms with Crippen molar-refractivity contribution < 1.29 is 9.46 Å². The molecule has 4 heteroatoms. The van der Waals surface area contributed by atoms with Gasteiger partial charge in [-0.05, 0) is 11.0 Å². The second-order valence-electron chi connectivity index (χ2n) is 1.08. The van der Waals surface area contributed by atoms with Crippen LogP contribution in [0.4, 0.5) is 0 Å². The molecule has 0 aromatic heterocycles. The van der Waals surface area contributed by atoms with Gasteiger partial charge in [0.15, 0.2) is 6.16 Å². The first-order chi connectivity index (χ1) is 2.77. The maximum atomic E-state index is 9.75.